The van der Waals surface area contributed by atoms with Gasteiger partial charge in [-0.15, -0.1) is 0 Å². The molecule has 1 aromatic rings. The normalized spacial score (nSPS) is 12.6. The molecule has 0 aliphatic carbocycles. The third-order valence-corrected chi connectivity index (χ3v) is 3.06. The Balaban J connectivity index is 3.07. The van der Waals surface area contributed by atoms with Crippen LogP contribution in [0, 0.1) is 22.5 Å². The molecule has 0 heterocycles. The van der Waals surface area contributed by atoms with Gasteiger partial charge >= 0.3 is 5.97 Å². The van der Waals surface area contributed by atoms with Gasteiger partial charge in [0.05, 0.1) is 4.92 Å². The fourth-order valence-corrected chi connectivity index (χ4v) is 1.81. The Morgan fingerprint density at radius 3 is 2.33 bits per heavy atom. The molecule has 0 bridgehead atoms. The molecule has 0 spiro atoms. The summed E-state index contributed by atoms with van der Waals surface area (Å²) in [5.41, 5.74) is -0.367. The van der Waals surface area contributed by atoms with Crippen molar-refractivity contribution in [2.45, 2.75) is 33.7 Å². The summed E-state index contributed by atoms with van der Waals surface area (Å²) in [7, 11) is 0. The smallest absolute Gasteiger partial charge is 0.326 e. The van der Waals surface area contributed by atoms with Gasteiger partial charge in [0.2, 0.25) is 0 Å². The van der Waals surface area contributed by atoms with Gasteiger partial charge in [-0.1, -0.05) is 26.8 Å². The van der Waals surface area contributed by atoms with Gasteiger partial charge in [-0.05, 0) is 18.4 Å². The van der Waals surface area contributed by atoms with Gasteiger partial charge in [0.1, 0.15) is 6.04 Å². The number of carboxylic acid groups (broad SMARTS) is 1. The van der Waals surface area contributed by atoms with Crippen LogP contribution in [0.15, 0.2) is 18.2 Å². The predicted octanol–water partition coefficient (Wildman–Crippen LogP) is 2.13. The van der Waals surface area contributed by atoms with Crippen molar-refractivity contribution < 1.29 is 19.6 Å². The minimum Gasteiger partial charge on any atom is -0.480 e. The first-order valence-electron chi connectivity index (χ1n) is 6.32. The zero-order valence-electron chi connectivity index (χ0n) is 12.3. The topological polar surface area (TPSA) is 110 Å². The van der Waals surface area contributed by atoms with E-state index < -0.39 is 28.3 Å². The number of amides is 1. The number of aliphatic carboxylic acids is 1. The third kappa shape index (κ3) is 4.01. The summed E-state index contributed by atoms with van der Waals surface area (Å²) >= 11 is 0. The lowest BCUT2D eigenvalue weighted by molar-refractivity contribution is -0.385. The SMILES string of the molecule is Cc1ccc(C(=O)N[C@H](C(=O)O)C(C)(C)C)cc1[N+](=O)[O-]. The number of carboxylic acids is 1. The van der Waals surface area contributed by atoms with Crippen LogP contribution in [-0.4, -0.2) is 27.9 Å². The van der Waals surface area contributed by atoms with Crippen LogP contribution in [0.25, 0.3) is 0 Å². The summed E-state index contributed by atoms with van der Waals surface area (Å²) in [5.74, 6) is -1.81. The van der Waals surface area contributed by atoms with Gasteiger partial charge < -0.3 is 10.4 Å². The number of rotatable bonds is 4. The maximum Gasteiger partial charge on any atom is 0.326 e. The van der Waals surface area contributed by atoms with Crippen LogP contribution in [-0.2, 0) is 4.79 Å². The van der Waals surface area contributed by atoms with E-state index >= 15 is 0 Å². The zero-order chi connectivity index (χ0) is 16.4. The number of benzene rings is 1. The molecule has 21 heavy (non-hydrogen) atoms. The quantitative estimate of drug-likeness (QED) is 0.653. The van der Waals surface area contributed by atoms with Crippen LogP contribution in [0.3, 0.4) is 0 Å². The highest BCUT2D eigenvalue weighted by atomic mass is 16.6. The number of nitro benzene ring substituents is 1. The number of nitrogens with zero attached hydrogens (tertiary/aromatic N) is 1. The highest BCUT2D eigenvalue weighted by molar-refractivity contribution is 5.97. The molecule has 7 heteroatoms. The largest absolute Gasteiger partial charge is 0.480 e. The number of nitrogens with one attached hydrogen (secondary N) is 1. The number of hydrogen-bond acceptors (Lipinski definition) is 4. The minimum absolute atomic E-state index is 0.0581. The van der Waals surface area contributed by atoms with Crippen LogP contribution in [0.4, 0.5) is 5.69 Å². The predicted molar refractivity (Wildman–Crippen MR) is 76.2 cm³/mol. The molecule has 1 aromatic carbocycles. The number of carbonyl (C=O) groups is 2. The Bertz CT molecular complexity index is 590. The molecule has 0 saturated heterocycles. The molecule has 1 amide bonds. The van der Waals surface area contributed by atoms with E-state index in [-0.39, 0.29) is 11.3 Å². The van der Waals surface area contributed by atoms with Crippen molar-refractivity contribution in [3.8, 4) is 0 Å². The fourth-order valence-electron chi connectivity index (χ4n) is 1.81. The summed E-state index contributed by atoms with van der Waals surface area (Å²) in [6.07, 6.45) is 0. The molecule has 7 nitrogen and oxygen atoms in total. The van der Waals surface area contributed by atoms with Crippen LogP contribution in [0.1, 0.15) is 36.7 Å². The van der Waals surface area contributed by atoms with Gasteiger partial charge in [-0.2, -0.15) is 0 Å². The second kappa shape index (κ2) is 5.90. The molecule has 0 fully saturated rings. The second-order valence-electron chi connectivity index (χ2n) is 5.87. The Labute approximate surface area is 122 Å². The Morgan fingerprint density at radius 1 is 1.33 bits per heavy atom. The van der Waals surface area contributed by atoms with Crippen molar-refractivity contribution in [3.05, 3.63) is 39.4 Å². The summed E-state index contributed by atoms with van der Waals surface area (Å²) in [6.45, 7) is 6.62. The van der Waals surface area contributed by atoms with Gasteiger partial charge in [-0.25, -0.2) is 4.79 Å². The molecule has 0 aliphatic heterocycles. The highest BCUT2D eigenvalue weighted by Crippen LogP contribution is 2.22. The molecule has 0 aliphatic rings. The van der Waals surface area contributed by atoms with Crippen molar-refractivity contribution in [1.29, 1.82) is 0 Å². The summed E-state index contributed by atoms with van der Waals surface area (Å²) in [6, 6.07) is 2.94. The first-order valence-corrected chi connectivity index (χ1v) is 6.32. The van der Waals surface area contributed by atoms with Crippen LogP contribution >= 0.6 is 0 Å². The van der Waals surface area contributed by atoms with Crippen molar-refractivity contribution in [1.82, 2.24) is 5.32 Å². The van der Waals surface area contributed by atoms with E-state index in [0.717, 1.165) is 6.07 Å². The van der Waals surface area contributed by atoms with E-state index in [1.54, 1.807) is 27.7 Å². The second-order valence-corrected chi connectivity index (χ2v) is 5.87. The average Bonchev–Trinajstić information content (AvgIpc) is 2.33. The van der Waals surface area contributed by atoms with E-state index in [9.17, 15) is 19.7 Å². The van der Waals surface area contributed by atoms with E-state index in [4.69, 9.17) is 5.11 Å². The van der Waals surface area contributed by atoms with Gasteiger partial charge in [-0.3, -0.25) is 14.9 Å². The molecule has 114 valence electrons. The third-order valence-electron chi connectivity index (χ3n) is 3.06. The van der Waals surface area contributed by atoms with E-state index in [1.165, 1.54) is 12.1 Å². The van der Waals surface area contributed by atoms with Gasteiger partial charge in [0, 0.05) is 17.2 Å². The Morgan fingerprint density at radius 2 is 1.90 bits per heavy atom. The van der Waals surface area contributed by atoms with Crippen LogP contribution in [0.5, 0.6) is 0 Å². The van der Waals surface area contributed by atoms with E-state index in [0.29, 0.717) is 5.56 Å². The van der Waals surface area contributed by atoms with Crippen LogP contribution in [0.2, 0.25) is 0 Å². The molecule has 0 aromatic heterocycles. The Hall–Kier alpha value is -2.44. The van der Waals surface area contributed by atoms with Crippen molar-refractivity contribution in [2.24, 2.45) is 5.41 Å². The monoisotopic (exact) mass is 294 g/mol. The summed E-state index contributed by atoms with van der Waals surface area (Å²) in [4.78, 5) is 33.6. The number of aryl methyl sites for hydroxylation is 1. The lowest BCUT2D eigenvalue weighted by Gasteiger charge is -2.27. The fraction of sp³-hybridized carbons (Fsp3) is 0.429. The molecule has 0 unspecified atom stereocenters. The van der Waals surface area contributed by atoms with Crippen molar-refractivity contribution in [3.63, 3.8) is 0 Å². The first-order chi connectivity index (χ1) is 9.54. The van der Waals surface area contributed by atoms with Crippen LogP contribution < -0.4 is 5.32 Å². The number of nitro groups is 1. The van der Waals surface area contributed by atoms with E-state index in [2.05, 4.69) is 5.32 Å². The molecule has 2 N–H and O–H groups in total. The molecule has 0 radical (unpaired) electrons. The maximum atomic E-state index is 12.1. The minimum atomic E-state index is -1.16. The molecule has 1 rings (SSSR count). The Kier molecular flexibility index (Phi) is 4.67. The standard InChI is InChI=1S/C14H18N2O5/c1-8-5-6-9(7-10(8)16(20)21)12(17)15-11(13(18)19)14(2,3)4/h5-7,11H,1-4H3,(H,15,17)(H,18,19)/t11-/m1/s1. The van der Waals surface area contributed by atoms with Gasteiger partial charge in [0.25, 0.3) is 11.6 Å². The van der Waals surface area contributed by atoms with Crippen molar-refractivity contribution >= 4 is 17.6 Å². The molecular formula is C14H18N2O5. The van der Waals surface area contributed by atoms with Crippen molar-refractivity contribution in [2.75, 3.05) is 0 Å². The first kappa shape index (κ1) is 16.6. The lowest BCUT2D eigenvalue weighted by Crippen LogP contribution is -2.49. The summed E-state index contributed by atoms with van der Waals surface area (Å²) < 4.78 is 0. The molecule has 1 atom stereocenters. The zero-order valence-corrected chi connectivity index (χ0v) is 12.3. The number of carbonyl (C=O) groups excluding carboxylic acids is 1. The van der Waals surface area contributed by atoms with Gasteiger partial charge in [0.15, 0.2) is 0 Å². The molecule has 0 saturated carbocycles. The maximum absolute atomic E-state index is 12.1. The average molecular weight is 294 g/mol. The summed E-state index contributed by atoms with van der Waals surface area (Å²) in [5, 5.41) is 22.4. The highest BCUT2D eigenvalue weighted by Gasteiger charge is 2.33. The van der Waals surface area contributed by atoms with E-state index in [1.807, 2.05) is 0 Å². The lowest BCUT2D eigenvalue weighted by atomic mass is 9.86. The number of hydrogen-bond donors (Lipinski definition) is 2. The molecular weight excluding hydrogens is 276 g/mol.